The molecule has 1 aromatic carbocycles. The van der Waals surface area contributed by atoms with Crippen molar-refractivity contribution in [1.29, 1.82) is 0 Å². The molecule has 1 aliphatic heterocycles. The fraction of sp³-hybridized carbons (Fsp3) is 0.111. The summed E-state index contributed by atoms with van der Waals surface area (Å²) >= 11 is 11.7. The number of halogens is 4. The van der Waals surface area contributed by atoms with E-state index in [0.717, 1.165) is 6.07 Å². The molecule has 4 rings (SSSR count). The van der Waals surface area contributed by atoms with Gasteiger partial charge in [0.25, 0.3) is 5.91 Å². The number of carbonyl (C=O) groups is 2. The molecule has 2 amide bonds. The molecule has 0 aliphatic carbocycles. The summed E-state index contributed by atoms with van der Waals surface area (Å²) < 4.78 is 28.4. The molecule has 148 valence electrons. The van der Waals surface area contributed by atoms with Crippen LogP contribution in [0, 0.1) is 11.8 Å². The Morgan fingerprint density at radius 2 is 1.93 bits per heavy atom. The summed E-state index contributed by atoms with van der Waals surface area (Å²) in [5, 5.41) is 6.47. The van der Waals surface area contributed by atoms with E-state index in [1.807, 2.05) is 0 Å². The number of nitrogens with one attached hydrogen (secondary N) is 1. The number of benzene rings is 1. The number of hydrogen-bond donors (Lipinski definition) is 1. The third-order valence-corrected chi connectivity index (χ3v) is 4.81. The van der Waals surface area contributed by atoms with Crippen molar-refractivity contribution in [2.45, 2.75) is 0 Å². The maximum atomic E-state index is 13.6. The second kappa shape index (κ2) is 7.41. The Kier molecular flexibility index (Phi) is 4.93. The molecule has 1 aliphatic rings. The Balaban J connectivity index is 1.84. The Hall–Kier alpha value is -3.04. The minimum Gasteiger partial charge on any atom is -0.337 e. The molecule has 1 fully saturated rings. The van der Waals surface area contributed by atoms with Crippen LogP contribution in [0.15, 0.2) is 36.5 Å². The molecule has 0 atom stereocenters. The van der Waals surface area contributed by atoms with Gasteiger partial charge in [-0.3, -0.25) is 9.59 Å². The second-order valence-electron chi connectivity index (χ2n) is 6.18. The van der Waals surface area contributed by atoms with E-state index in [1.165, 1.54) is 40.0 Å². The number of hydrogen-bond acceptors (Lipinski definition) is 4. The maximum absolute atomic E-state index is 13.6. The highest BCUT2D eigenvalue weighted by Gasteiger charge is 2.27. The predicted molar refractivity (Wildman–Crippen MR) is 101 cm³/mol. The Bertz CT molecular complexity index is 1080. The maximum Gasteiger partial charge on any atom is 0.276 e. The van der Waals surface area contributed by atoms with Gasteiger partial charge in [0, 0.05) is 11.8 Å². The topological polar surface area (TPSA) is 80.1 Å². The van der Waals surface area contributed by atoms with Crippen LogP contribution in [0.4, 0.5) is 8.78 Å². The number of amides is 2. The highest BCUT2D eigenvalue weighted by molar-refractivity contribution is 6.31. The lowest BCUT2D eigenvalue weighted by atomic mass is 10.2. The smallest absolute Gasteiger partial charge is 0.276 e. The zero-order valence-electron chi connectivity index (χ0n) is 14.5. The van der Waals surface area contributed by atoms with Crippen LogP contribution < -0.4 is 5.32 Å². The van der Waals surface area contributed by atoms with Gasteiger partial charge in [0.1, 0.15) is 12.4 Å². The Morgan fingerprint density at radius 1 is 1.14 bits per heavy atom. The van der Waals surface area contributed by atoms with Crippen molar-refractivity contribution in [3.63, 3.8) is 0 Å². The summed E-state index contributed by atoms with van der Waals surface area (Å²) in [5.41, 5.74) is 1.11. The average Bonchev–Trinajstić information content (AvgIpc) is 3.32. The summed E-state index contributed by atoms with van der Waals surface area (Å²) in [5.74, 6) is -2.23. The molecule has 3 heterocycles. The van der Waals surface area contributed by atoms with Gasteiger partial charge in [-0.25, -0.2) is 14.1 Å². The van der Waals surface area contributed by atoms with Gasteiger partial charge in [-0.15, -0.1) is 0 Å². The summed E-state index contributed by atoms with van der Waals surface area (Å²) in [6.45, 7) is -0.0283. The first-order valence-corrected chi connectivity index (χ1v) is 9.02. The van der Waals surface area contributed by atoms with Crippen molar-refractivity contribution in [2.75, 3.05) is 13.2 Å². The first-order chi connectivity index (χ1) is 13.8. The van der Waals surface area contributed by atoms with Crippen molar-refractivity contribution < 1.29 is 18.4 Å². The van der Waals surface area contributed by atoms with Gasteiger partial charge < -0.3 is 10.2 Å². The molecule has 11 heteroatoms. The minimum atomic E-state index is -0.843. The van der Waals surface area contributed by atoms with E-state index in [0.29, 0.717) is 16.9 Å². The first-order valence-electron chi connectivity index (χ1n) is 8.26. The van der Waals surface area contributed by atoms with E-state index >= 15 is 0 Å². The van der Waals surface area contributed by atoms with Gasteiger partial charge in [-0.1, -0.05) is 23.2 Å². The van der Waals surface area contributed by atoms with Crippen LogP contribution in [-0.4, -0.2) is 44.7 Å². The fourth-order valence-electron chi connectivity index (χ4n) is 2.84. The molecule has 2 aromatic heterocycles. The SMILES string of the molecule is O=C1CN(C(=O)c2cc(-c3cnc(F)c(Cl)c3)n(-c3ccc(F)c(Cl)c3)n2)CN1. The predicted octanol–water partition coefficient (Wildman–Crippen LogP) is 3.05. The minimum absolute atomic E-state index is 0.0254. The van der Waals surface area contributed by atoms with E-state index < -0.39 is 17.7 Å². The Morgan fingerprint density at radius 3 is 2.59 bits per heavy atom. The number of carbonyl (C=O) groups excluding carboxylic acids is 2. The van der Waals surface area contributed by atoms with E-state index in [9.17, 15) is 18.4 Å². The molecule has 0 saturated carbocycles. The number of pyridine rings is 1. The lowest BCUT2D eigenvalue weighted by molar-refractivity contribution is -0.118. The van der Waals surface area contributed by atoms with Gasteiger partial charge in [0.15, 0.2) is 5.69 Å². The van der Waals surface area contributed by atoms with Gasteiger partial charge in [-0.2, -0.15) is 9.49 Å². The van der Waals surface area contributed by atoms with E-state index in [4.69, 9.17) is 23.2 Å². The molecule has 0 unspecified atom stereocenters. The Labute approximate surface area is 172 Å². The van der Waals surface area contributed by atoms with Crippen molar-refractivity contribution in [3.05, 3.63) is 64.0 Å². The van der Waals surface area contributed by atoms with Crippen molar-refractivity contribution in [3.8, 4) is 16.9 Å². The van der Waals surface area contributed by atoms with Crippen LogP contribution in [0.5, 0.6) is 0 Å². The third-order valence-electron chi connectivity index (χ3n) is 4.26. The first kappa shape index (κ1) is 19.3. The van der Waals surface area contributed by atoms with Crippen LogP contribution in [0.3, 0.4) is 0 Å². The van der Waals surface area contributed by atoms with Gasteiger partial charge in [0.2, 0.25) is 11.9 Å². The third kappa shape index (κ3) is 3.66. The van der Waals surface area contributed by atoms with Gasteiger partial charge in [-0.05, 0) is 30.3 Å². The van der Waals surface area contributed by atoms with Crippen LogP contribution in [0.2, 0.25) is 10.0 Å². The number of nitrogens with zero attached hydrogens (tertiary/aromatic N) is 4. The fourth-order valence-corrected chi connectivity index (χ4v) is 3.18. The van der Waals surface area contributed by atoms with E-state index in [-0.39, 0.29) is 34.9 Å². The van der Waals surface area contributed by atoms with Crippen LogP contribution in [0.1, 0.15) is 10.5 Å². The second-order valence-corrected chi connectivity index (χ2v) is 7.00. The molecule has 0 radical (unpaired) electrons. The summed E-state index contributed by atoms with van der Waals surface area (Å²) in [6.07, 6.45) is 1.23. The zero-order chi connectivity index (χ0) is 20.7. The normalized spacial score (nSPS) is 13.7. The lowest BCUT2D eigenvalue weighted by Gasteiger charge is -2.10. The molecule has 0 bridgehead atoms. The van der Waals surface area contributed by atoms with Crippen LogP contribution >= 0.6 is 23.2 Å². The molecule has 0 spiro atoms. The van der Waals surface area contributed by atoms with E-state index in [1.54, 1.807) is 0 Å². The van der Waals surface area contributed by atoms with Crippen molar-refractivity contribution >= 4 is 35.0 Å². The highest BCUT2D eigenvalue weighted by atomic mass is 35.5. The summed E-state index contributed by atoms with van der Waals surface area (Å²) in [7, 11) is 0. The van der Waals surface area contributed by atoms with Crippen molar-refractivity contribution in [2.24, 2.45) is 0 Å². The molecule has 1 N–H and O–H groups in total. The average molecular weight is 438 g/mol. The molecule has 3 aromatic rings. The standard InChI is InChI=1S/C18H11Cl2F2N5O2/c19-11-4-10(1-2-13(11)21)27-15(9-3-12(20)17(22)23-6-9)5-14(25-27)18(29)26-7-16(28)24-8-26/h1-6H,7-8H2,(H,24,28). The van der Waals surface area contributed by atoms with Gasteiger partial charge in [0.05, 0.1) is 28.1 Å². The summed E-state index contributed by atoms with van der Waals surface area (Å²) in [6, 6.07) is 6.70. The zero-order valence-corrected chi connectivity index (χ0v) is 16.0. The molecule has 29 heavy (non-hydrogen) atoms. The quantitative estimate of drug-likeness (QED) is 0.638. The lowest BCUT2D eigenvalue weighted by Crippen LogP contribution is -2.30. The van der Waals surface area contributed by atoms with Gasteiger partial charge >= 0.3 is 0 Å². The van der Waals surface area contributed by atoms with Crippen molar-refractivity contribution in [1.82, 2.24) is 25.0 Å². The summed E-state index contributed by atoms with van der Waals surface area (Å²) in [4.78, 5) is 29.0. The number of aromatic nitrogens is 3. The molecule has 7 nitrogen and oxygen atoms in total. The monoisotopic (exact) mass is 437 g/mol. The molecule has 1 saturated heterocycles. The number of rotatable bonds is 3. The molecular formula is C18H11Cl2F2N5O2. The van der Waals surface area contributed by atoms with Crippen LogP contribution in [-0.2, 0) is 4.79 Å². The molecular weight excluding hydrogens is 427 g/mol. The highest BCUT2D eigenvalue weighted by Crippen LogP contribution is 2.28. The van der Waals surface area contributed by atoms with E-state index in [2.05, 4.69) is 15.4 Å². The largest absolute Gasteiger partial charge is 0.337 e. The van der Waals surface area contributed by atoms with Crippen LogP contribution in [0.25, 0.3) is 16.9 Å².